The van der Waals surface area contributed by atoms with E-state index in [-0.39, 0.29) is 5.91 Å². The fraction of sp³-hybridized carbons (Fsp3) is 0.267. The zero-order valence-electron chi connectivity index (χ0n) is 12.2. The summed E-state index contributed by atoms with van der Waals surface area (Å²) in [4.78, 5) is 13.0. The van der Waals surface area contributed by atoms with Gasteiger partial charge in [-0.15, -0.1) is 11.8 Å². The van der Waals surface area contributed by atoms with Gasteiger partial charge < -0.3 is 9.88 Å². The Bertz CT molecular complexity index is 765. The van der Waals surface area contributed by atoms with Crippen LogP contribution in [0.15, 0.2) is 41.6 Å². The largest absolute Gasteiger partial charge is 0.355 e. The third kappa shape index (κ3) is 3.30. The highest BCUT2D eigenvalue weighted by molar-refractivity contribution is 8.00. The molecule has 6 nitrogen and oxygen atoms in total. The SMILES string of the molecule is Cn1cc(SCC(=O)NCCc2cn[nH]n2)c2ccccc21. The van der Waals surface area contributed by atoms with Crippen LogP contribution in [0, 0.1) is 0 Å². The number of aromatic amines is 1. The van der Waals surface area contributed by atoms with Gasteiger partial charge in [0.1, 0.15) is 0 Å². The number of H-pyrrole nitrogens is 1. The van der Waals surface area contributed by atoms with Gasteiger partial charge in [0.25, 0.3) is 0 Å². The molecule has 3 rings (SSSR count). The number of carbonyl (C=O) groups excluding carboxylic acids is 1. The lowest BCUT2D eigenvalue weighted by molar-refractivity contribution is -0.118. The van der Waals surface area contributed by atoms with Gasteiger partial charge in [-0.2, -0.15) is 15.4 Å². The molecule has 1 aromatic carbocycles. The monoisotopic (exact) mass is 315 g/mol. The van der Waals surface area contributed by atoms with Crippen LogP contribution in [0.5, 0.6) is 0 Å². The number of thioether (sulfide) groups is 1. The van der Waals surface area contributed by atoms with Gasteiger partial charge in [-0.25, -0.2) is 0 Å². The molecule has 2 heterocycles. The van der Waals surface area contributed by atoms with Crippen LogP contribution in [-0.4, -0.2) is 38.2 Å². The summed E-state index contributed by atoms with van der Waals surface area (Å²) < 4.78 is 2.08. The first kappa shape index (κ1) is 14.6. The lowest BCUT2D eigenvalue weighted by atomic mass is 10.2. The lowest BCUT2D eigenvalue weighted by Gasteiger charge is -2.03. The first-order valence-electron chi connectivity index (χ1n) is 7.02. The summed E-state index contributed by atoms with van der Waals surface area (Å²) in [6.07, 6.45) is 4.41. The second-order valence-electron chi connectivity index (χ2n) is 4.97. The molecular weight excluding hydrogens is 298 g/mol. The lowest BCUT2D eigenvalue weighted by Crippen LogP contribution is -2.27. The summed E-state index contributed by atoms with van der Waals surface area (Å²) in [7, 11) is 2.02. The third-order valence-electron chi connectivity index (χ3n) is 3.39. The number of para-hydroxylation sites is 1. The number of amides is 1. The number of carbonyl (C=O) groups is 1. The Hall–Kier alpha value is -2.28. The standard InChI is InChI=1S/C15H17N5OS/c1-20-9-14(12-4-2-3-5-13(12)20)22-10-15(21)16-7-6-11-8-17-19-18-11/h2-5,8-9H,6-7,10H2,1H3,(H,16,21)(H,17,18,19). The van der Waals surface area contributed by atoms with Crippen LogP contribution in [-0.2, 0) is 18.3 Å². The number of rotatable bonds is 6. The summed E-state index contributed by atoms with van der Waals surface area (Å²) in [6.45, 7) is 0.571. The van der Waals surface area contributed by atoms with Crippen LogP contribution in [0.2, 0.25) is 0 Å². The number of hydrogen-bond donors (Lipinski definition) is 2. The quantitative estimate of drug-likeness (QED) is 0.680. The first-order valence-corrected chi connectivity index (χ1v) is 8.01. The van der Waals surface area contributed by atoms with Gasteiger partial charge in [0.2, 0.25) is 5.91 Å². The van der Waals surface area contributed by atoms with Crippen LogP contribution in [0.1, 0.15) is 5.69 Å². The van der Waals surface area contributed by atoms with E-state index < -0.39 is 0 Å². The third-order valence-corrected chi connectivity index (χ3v) is 4.43. The molecule has 1 amide bonds. The van der Waals surface area contributed by atoms with E-state index in [1.54, 1.807) is 18.0 Å². The van der Waals surface area contributed by atoms with Gasteiger partial charge in [0.15, 0.2) is 0 Å². The molecule has 0 fully saturated rings. The van der Waals surface area contributed by atoms with E-state index in [0.29, 0.717) is 18.7 Å². The molecule has 114 valence electrons. The Morgan fingerprint density at radius 2 is 2.27 bits per heavy atom. The number of aryl methyl sites for hydroxylation is 1. The highest BCUT2D eigenvalue weighted by Crippen LogP contribution is 2.29. The maximum Gasteiger partial charge on any atom is 0.230 e. The maximum absolute atomic E-state index is 11.9. The number of benzene rings is 1. The molecule has 0 spiro atoms. The average Bonchev–Trinajstić information content (AvgIpc) is 3.14. The van der Waals surface area contributed by atoms with E-state index in [9.17, 15) is 4.79 Å². The van der Waals surface area contributed by atoms with Gasteiger partial charge in [-0.3, -0.25) is 4.79 Å². The van der Waals surface area contributed by atoms with Crippen molar-refractivity contribution in [3.63, 3.8) is 0 Å². The van der Waals surface area contributed by atoms with Crippen LogP contribution in [0.4, 0.5) is 0 Å². The zero-order valence-corrected chi connectivity index (χ0v) is 13.1. The Morgan fingerprint density at radius 3 is 3.09 bits per heavy atom. The molecule has 2 aromatic heterocycles. The molecule has 0 aliphatic rings. The summed E-state index contributed by atoms with van der Waals surface area (Å²) in [5.74, 6) is 0.439. The van der Waals surface area contributed by atoms with E-state index in [4.69, 9.17) is 0 Å². The molecule has 2 N–H and O–H groups in total. The highest BCUT2D eigenvalue weighted by Gasteiger charge is 2.09. The van der Waals surface area contributed by atoms with Crippen molar-refractivity contribution >= 4 is 28.6 Å². The van der Waals surface area contributed by atoms with Crippen molar-refractivity contribution in [1.29, 1.82) is 0 Å². The van der Waals surface area contributed by atoms with Gasteiger partial charge >= 0.3 is 0 Å². The highest BCUT2D eigenvalue weighted by atomic mass is 32.2. The summed E-state index contributed by atoms with van der Waals surface area (Å²) >= 11 is 1.56. The van der Waals surface area contributed by atoms with E-state index in [0.717, 1.165) is 10.6 Å². The van der Waals surface area contributed by atoms with E-state index in [1.807, 2.05) is 19.2 Å². The van der Waals surface area contributed by atoms with Crippen LogP contribution >= 0.6 is 11.8 Å². The number of aromatic nitrogens is 4. The van der Waals surface area contributed by atoms with E-state index in [2.05, 4.69) is 43.6 Å². The Kier molecular flexibility index (Phi) is 4.43. The number of nitrogens with one attached hydrogen (secondary N) is 2. The molecule has 0 aliphatic carbocycles. The normalized spacial score (nSPS) is 11.0. The molecule has 0 bridgehead atoms. The number of hydrogen-bond acceptors (Lipinski definition) is 4. The van der Waals surface area contributed by atoms with Crippen molar-refractivity contribution in [2.24, 2.45) is 7.05 Å². The van der Waals surface area contributed by atoms with Gasteiger partial charge in [0.05, 0.1) is 17.6 Å². The molecular formula is C15H17N5OS. The minimum atomic E-state index is 0.0291. The predicted molar refractivity (Wildman–Crippen MR) is 86.7 cm³/mol. The van der Waals surface area contributed by atoms with Crippen molar-refractivity contribution in [1.82, 2.24) is 25.3 Å². The Morgan fingerprint density at radius 1 is 1.41 bits per heavy atom. The van der Waals surface area contributed by atoms with Crippen LogP contribution in [0.25, 0.3) is 10.9 Å². The van der Waals surface area contributed by atoms with Crippen molar-refractivity contribution in [3.8, 4) is 0 Å². The molecule has 0 saturated carbocycles. The van der Waals surface area contributed by atoms with E-state index >= 15 is 0 Å². The summed E-state index contributed by atoms with van der Waals surface area (Å²) in [6, 6.07) is 8.20. The fourth-order valence-electron chi connectivity index (χ4n) is 2.29. The Balaban J connectivity index is 1.52. The maximum atomic E-state index is 11.9. The van der Waals surface area contributed by atoms with Crippen molar-refractivity contribution in [3.05, 3.63) is 42.4 Å². The Labute approximate surface area is 132 Å². The van der Waals surface area contributed by atoms with Crippen LogP contribution in [0.3, 0.4) is 0 Å². The fourth-order valence-corrected chi connectivity index (χ4v) is 3.24. The minimum Gasteiger partial charge on any atom is -0.355 e. The second-order valence-corrected chi connectivity index (χ2v) is 5.99. The average molecular weight is 315 g/mol. The van der Waals surface area contributed by atoms with Gasteiger partial charge in [-0.05, 0) is 6.07 Å². The molecule has 0 atom stereocenters. The molecule has 3 aromatic rings. The predicted octanol–water partition coefficient (Wildman–Crippen LogP) is 1.75. The van der Waals surface area contributed by atoms with Gasteiger partial charge in [0, 0.05) is 42.0 Å². The second kappa shape index (κ2) is 6.65. The topological polar surface area (TPSA) is 75.6 Å². The van der Waals surface area contributed by atoms with E-state index in [1.165, 1.54) is 10.9 Å². The summed E-state index contributed by atoms with van der Waals surface area (Å²) in [5, 5.41) is 14.3. The first-order chi connectivity index (χ1) is 10.7. The minimum absolute atomic E-state index is 0.0291. The van der Waals surface area contributed by atoms with Crippen molar-refractivity contribution in [2.45, 2.75) is 11.3 Å². The molecule has 0 saturated heterocycles. The molecule has 22 heavy (non-hydrogen) atoms. The van der Waals surface area contributed by atoms with Crippen LogP contribution < -0.4 is 5.32 Å². The molecule has 0 aliphatic heterocycles. The van der Waals surface area contributed by atoms with Gasteiger partial charge in [-0.1, -0.05) is 18.2 Å². The smallest absolute Gasteiger partial charge is 0.230 e. The zero-order chi connectivity index (χ0) is 15.4. The number of nitrogens with zero attached hydrogens (tertiary/aromatic N) is 3. The molecule has 0 unspecified atom stereocenters. The molecule has 0 radical (unpaired) electrons. The summed E-state index contributed by atoms with van der Waals surface area (Å²) in [5.41, 5.74) is 2.03. The van der Waals surface area contributed by atoms with Crippen molar-refractivity contribution < 1.29 is 4.79 Å². The van der Waals surface area contributed by atoms with Crippen molar-refractivity contribution in [2.75, 3.05) is 12.3 Å². The number of fused-ring (bicyclic) bond motifs is 1. The molecule has 7 heteroatoms.